The van der Waals surface area contributed by atoms with Crippen molar-refractivity contribution in [2.75, 3.05) is 0 Å². The van der Waals surface area contributed by atoms with Gasteiger partial charge in [0, 0.05) is 86.6 Å². The summed E-state index contributed by atoms with van der Waals surface area (Å²) in [6, 6.07) is 43.5. The Bertz CT molecular complexity index is 2270. The van der Waals surface area contributed by atoms with E-state index in [0.717, 1.165) is 66.7 Å². The summed E-state index contributed by atoms with van der Waals surface area (Å²) in [5.74, 6) is -0.0625. The number of ketones is 1. The monoisotopic (exact) mass is 1070 g/mol. The molecule has 0 aliphatic carbocycles. The molecule has 54 heavy (non-hydrogen) atoms. The predicted molar refractivity (Wildman–Crippen MR) is 203 cm³/mol. The molecule has 0 aliphatic rings. The topological polar surface area (TPSA) is 115 Å². The third kappa shape index (κ3) is 10.7. The van der Waals surface area contributed by atoms with E-state index in [1.54, 1.807) is 37.4 Å². The number of rotatable bonds is 4. The fourth-order valence-electron chi connectivity index (χ4n) is 5.31. The van der Waals surface area contributed by atoms with Crippen LogP contribution in [0.5, 0.6) is 0 Å². The van der Waals surface area contributed by atoms with E-state index in [1.807, 2.05) is 103 Å². The minimum Gasteiger partial charge on any atom is -0.512 e. The molecular weight excluding hydrogens is 1030 g/mol. The number of carbonyl (C=O) groups is 1. The number of aliphatic hydroxyl groups excluding tert-OH is 1. The molecule has 10 heteroatoms. The number of hydrogen-bond acceptors (Lipinski definition) is 8. The Morgan fingerprint density at radius 1 is 0.556 bits per heavy atom. The molecule has 2 radical (unpaired) electrons. The van der Waals surface area contributed by atoms with Gasteiger partial charge in [0.05, 0.1) is 30.2 Å². The van der Waals surface area contributed by atoms with Crippen LogP contribution in [-0.4, -0.2) is 25.8 Å². The first kappa shape index (κ1) is 41.0. The van der Waals surface area contributed by atoms with Crippen molar-refractivity contribution in [2.24, 2.45) is 0 Å². The first-order valence-corrected chi connectivity index (χ1v) is 16.3. The Morgan fingerprint density at radius 2 is 0.963 bits per heavy atom. The van der Waals surface area contributed by atoms with Crippen LogP contribution in [0.1, 0.15) is 13.8 Å². The van der Waals surface area contributed by atoms with Gasteiger partial charge in [-0.05, 0) is 61.6 Å². The Balaban J connectivity index is 0.000000164. The zero-order chi connectivity index (χ0) is 36.1. The summed E-state index contributed by atoms with van der Waals surface area (Å²) in [5.41, 5.74) is 8.50. The van der Waals surface area contributed by atoms with E-state index in [2.05, 4.69) is 39.2 Å². The maximum Gasteiger partial charge on any atom is 0.155 e. The third-order valence-corrected chi connectivity index (χ3v) is 7.53. The van der Waals surface area contributed by atoms with E-state index >= 15 is 0 Å². The number of pyridine rings is 3. The molecule has 0 bridgehead atoms. The van der Waals surface area contributed by atoms with Crippen LogP contribution >= 0.6 is 0 Å². The van der Waals surface area contributed by atoms with Gasteiger partial charge in [-0.3, -0.25) is 9.78 Å². The van der Waals surface area contributed by atoms with E-state index in [1.165, 1.54) is 19.9 Å². The van der Waals surface area contributed by atoms with Gasteiger partial charge in [0.2, 0.25) is 0 Å². The summed E-state index contributed by atoms with van der Waals surface area (Å²) in [6.45, 7) is 2.85. The second-order valence-electron chi connectivity index (χ2n) is 11.3. The number of benzene rings is 3. The number of aromatic nitrogens is 3. The van der Waals surface area contributed by atoms with Gasteiger partial charge in [0.25, 0.3) is 0 Å². The van der Waals surface area contributed by atoms with Crippen LogP contribution in [0.25, 0.3) is 66.7 Å². The van der Waals surface area contributed by atoms with Crippen molar-refractivity contribution >= 4 is 38.7 Å². The Hall–Kier alpha value is -5.76. The SMILES string of the molecule is CC(=O)C=C(C)O.[Ir].[Ir].[c-]1ccccc1-c1nccc2occc12.[c-]1ccccc1-c1nccc2occc12.c1ccc(-c2nccc3occc23)cc1. The Kier molecular flexibility index (Phi) is 15.5. The predicted octanol–water partition coefficient (Wildman–Crippen LogP) is 11.1. The summed E-state index contributed by atoms with van der Waals surface area (Å²) in [7, 11) is 0. The standard InChI is InChI=1S/C13H9NO.2C13H8NO.C5H8O2.2Ir/c3*1-2-4-10(5-3-1)13-11-7-9-15-12(11)6-8-14-13;1-4(6)3-5(2)7;;/h1-9H;2*1-4,6-9H;3,6H,1-2H3;;/q;2*-1;;;. The van der Waals surface area contributed by atoms with Crippen LogP contribution in [0.2, 0.25) is 0 Å². The summed E-state index contributed by atoms with van der Waals surface area (Å²) >= 11 is 0. The quantitative estimate of drug-likeness (QED) is 0.105. The summed E-state index contributed by atoms with van der Waals surface area (Å²) in [5, 5.41) is 11.5. The van der Waals surface area contributed by atoms with Crippen molar-refractivity contribution in [2.45, 2.75) is 13.8 Å². The minimum atomic E-state index is -0.125. The van der Waals surface area contributed by atoms with E-state index < -0.39 is 0 Å². The zero-order valence-electron chi connectivity index (χ0n) is 29.1. The number of furan rings is 3. The van der Waals surface area contributed by atoms with Crippen LogP contribution in [0, 0.1) is 12.1 Å². The normalized spacial score (nSPS) is 10.4. The summed E-state index contributed by atoms with van der Waals surface area (Å²) < 4.78 is 16.0. The maximum atomic E-state index is 10.0. The van der Waals surface area contributed by atoms with Crippen LogP contribution in [-0.2, 0) is 45.0 Å². The number of allylic oxidation sites excluding steroid dienone is 2. The van der Waals surface area contributed by atoms with Crippen LogP contribution in [0.4, 0.5) is 0 Å². The first-order chi connectivity index (χ1) is 25.5. The van der Waals surface area contributed by atoms with Crippen LogP contribution in [0.15, 0.2) is 178 Å². The molecule has 0 fully saturated rings. The number of aliphatic hydroxyl groups is 1. The molecule has 6 heterocycles. The molecule has 6 aromatic heterocycles. The molecule has 0 aliphatic heterocycles. The van der Waals surface area contributed by atoms with Gasteiger partial charge in [0.15, 0.2) is 5.78 Å². The van der Waals surface area contributed by atoms with Crippen molar-refractivity contribution in [3.8, 4) is 33.8 Å². The number of hydrogen-bond donors (Lipinski definition) is 1. The molecule has 0 saturated heterocycles. The molecule has 1 N–H and O–H groups in total. The zero-order valence-corrected chi connectivity index (χ0v) is 33.9. The average Bonchev–Trinajstić information content (AvgIpc) is 3.97. The summed E-state index contributed by atoms with van der Waals surface area (Å²) in [6.07, 6.45) is 11.5. The number of nitrogens with zero attached hydrogens (tertiary/aromatic N) is 3. The third-order valence-electron chi connectivity index (χ3n) is 7.53. The van der Waals surface area contributed by atoms with E-state index in [9.17, 15) is 4.79 Å². The molecule has 8 nitrogen and oxygen atoms in total. The molecular formula is C44H33Ir2N3O5-2. The molecule has 274 valence electrons. The van der Waals surface area contributed by atoms with Crippen molar-refractivity contribution in [1.82, 2.24) is 15.0 Å². The van der Waals surface area contributed by atoms with Gasteiger partial charge in [-0.1, -0.05) is 30.3 Å². The van der Waals surface area contributed by atoms with Crippen LogP contribution < -0.4 is 0 Å². The number of carbonyl (C=O) groups excluding carboxylic acids is 1. The van der Waals surface area contributed by atoms with Gasteiger partial charge in [-0.15, -0.1) is 71.8 Å². The van der Waals surface area contributed by atoms with E-state index in [4.69, 9.17) is 18.4 Å². The van der Waals surface area contributed by atoms with E-state index in [0.29, 0.717) is 0 Å². The molecule has 0 amide bonds. The molecule has 0 saturated carbocycles. The van der Waals surface area contributed by atoms with Gasteiger partial charge in [-0.25, -0.2) is 0 Å². The Labute approximate surface area is 339 Å². The second-order valence-corrected chi connectivity index (χ2v) is 11.3. The van der Waals surface area contributed by atoms with Gasteiger partial charge in [0.1, 0.15) is 16.7 Å². The molecule has 0 spiro atoms. The second kappa shape index (κ2) is 20.5. The molecule has 3 aromatic carbocycles. The first-order valence-electron chi connectivity index (χ1n) is 16.3. The van der Waals surface area contributed by atoms with Crippen molar-refractivity contribution < 1.29 is 63.4 Å². The molecule has 9 rings (SSSR count). The van der Waals surface area contributed by atoms with Crippen molar-refractivity contribution in [3.05, 3.63) is 177 Å². The van der Waals surface area contributed by atoms with Crippen molar-refractivity contribution in [3.63, 3.8) is 0 Å². The van der Waals surface area contributed by atoms with E-state index in [-0.39, 0.29) is 51.8 Å². The summed E-state index contributed by atoms with van der Waals surface area (Å²) in [4.78, 5) is 23.1. The van der Waals surface area contributed by atoms with Gasteiger partial charge < -0.3 is 28.3 Å². The van der Waals surface area contributed by atoms with Gasteiger partial charge in [-0.2, -0.15) is 0 Å². The maximum absolute atomic E-state index is 10.0. The van der Waals surface area contributed by atoms with Gasteiger partial charge >= 0.3 is 0 Å². The molecule has 9 aromatic rings. The smallest absolute Gasteiger partial charge is 0.155 e. The average molecular weight is 1070 g/mol. The fraction of sp³-hybridized carbons (Fsp3) is 0.0455. The largest absolute Gasteiger partial charge is 0.512 e. The number of fused-ring (bicyclic) bond motifs is 3. The Morgan fingerprint density at radius 3 is 1.33 bits per heavy atom. The van der Waals surface area contributed by atoms with Crippen molar-refractivity contribution in [1.29, 1.82) is 0 Å². The van der Waals surface area contributed by atoms with Crippen LogP contribution in [0.3, 0.4) is 0 Å². The molecule has 0 unspecified atom stereocenters. The molecule has 0 atom stereocenters. The minimum absolute atomic E-state index is 0. The fourth-order valence-corrected chi connectivity index (χ4v) is 5.31.